The van der Waals surface area contributed by atoms with Crippen molar-refractivity contribution in [2.75, 3.05) is 0 Å². The van der Waals surface area contributed by atoms with Crippen LogP contribution >= 0.6 is 15.9 Å². The molecule has 1 fully saturated rings. The highest BCUT2D eigenvalue weighted by Crippen LogP contribution is 2.38. The first-order valence-electron chi connectivity index (χ1n) is 8.00. The van der Waals surface area contributed by atoms with Gasteiger partial charge in [-0.05, 0) is 57.7 Å². The lowest BCUT2D eigenvalue weighted by atomic mass is 9.76. The molecule has 1 aromatic rings. The zero-order valence-corrected chi connectivity index (χ0v) is 15.5. The highest BCUT2D eigenvalue weighted by Gasteiger charge is 2.36. The summed E-state index contributed by atoms with van der Waals surface area (Å²) >= 11 is 3.55. The van der Waals surface area contributed by atoms with E-state index in [0.29, 0.717) is 0 Å². The zero-order valence-electron chi connectivity index (χ0n) is 14.0. The third kappa shape index (κ3) is 4.25. The molecule has 1 amide bonds. The topological polar surface area (TPSA) is 38.3 Å². The van der Waals surface area contributed by atoms with Gasteiger partial charge in [0, 0.05) is 4.47 Å². The minimum Gasteiger partial charge on any atom is -0.444 e. The Morgan fingerprint density at radius 1 is 1.23 bits per heavy atom. The van der Waals surface area contributed by atoms with Crippen LogP contribution in [0, 0.1) is 6.92 Å². The molecule has 1 N–H and O–H groups in total. The van der Waals surface area contributed by atoms with Crippen LogP contribution in [0.3, 0.4) is 0 Å². The van der Waals surface area contributed by atoms with Crippen LogP contribution in [-0.2, 0) is 10.3 Å². The Kier molecular flexibility index (Phi) is 5.21. The lowest BCUT2D eigenvalue weighted by Crippen LogP contribution is -2.48. The predicted molar refractivity (Wildman–Crippen MR) is 93.0 cm³/mol. The summed E-state index contributed by atoms with van der Waals surface area (Å²) in [5.74, 6) is 0. The average Bonchev–Trinajstić information content (AvgIpc) is 2.40. The highest BCUT2D eigenvalue weighted by molar-refractivity contribution is 9.10. The van der Waals surface area contributed by atoms with Gasteiger partial charge in [0.25, 0.3) is 0 Å². The van der Waals surface area contributed by atoms with Gasteiger partial charge in [-0.15, -0.1) is 0 Å². The summed E-state index contributed by atoms with van der Waals surface area (Å²) < 4.78 is 6.58. The lowest BCUT2D eigenvalue weighted by molar-refractivity contribution is 0.0420. The van der Waals surface area contributed by atoms with E-state index in [-0.39, 0.29) is 11.6 Å². The first kappa shape index (κ1) is 17.3. The van der Waals surface area contributed by atoms with E-state index in [1.165, 1.54) is 17.5 Å². The van der Waals surface area contributed by atoms with Gasteiger partial charge in [-0.3, -0.25) is 0 Å². The van der Waals surface area contributed by atoms with E-state index in [9.17, 15) is 4.79 Å². The van der Waals surface area contributed by atoms with Crippen molar-refractivity contribution in [1.82, 2.24) is 5.32 Å². The summed E-state index contributed by atoms with van der Waals surface area (Å²) in [6.07, 6.45) is 5.10. The van der Waals surface area contributed by atoms with Crippen molar-refractivity contribution >= 4 is 22.0 Å². The summed E-state index contributed by atoms with van der Waals surface area (Å²) in [6.45, 7) is 7.76. The number of amides is 1. The molecule has 0 aliphatic heterocycles. The smallest absolute Gasteiger partial charge is 0.408 e. The molecule has 0 spiro atoms. The van der Waals surface area contributed by atoms with Crippen LogP contribution in [0.4, 0.5) is 4.79 Å². The summed E-state index contributed by atoms with van der Waals surface area (Å²) in [7, 11) is 0. The van der Waals surface area contributed by atoms with Crippen LogP contribution in [0.1, 0.15) is 64.0 Å². The second-order valence-electron chi connectivity index (χ2n) is 7.23. The second kappa shape index (κ2) is 6.61. The van der Waals surface area contributed by atoms with Gasteiger partial charge in [-0.1, -0.05) is 47.3 Å². The Balaban J connectivity index is 2.27. The van der Waals surface area contributed by atoms with E-state index >= 15 is 0 Å². The van der Waals surface area contributed by atoms with Crippen molar-refractivity contribution in [2.45, 2.75) is 70.9 Å². The normalized spacial score (nSPS) is 17.9. The number of rotatable bonds is 2. The second-order valence-corrected chi connectivity index (χ2v) is 8.09. The monoisotopic (exact) mass is 367 g/mol. The van der Waals surface area contributed by atoms with Crippen LogP contribution in [0.2, 0.25) is 0 Å². The van der Waals surface area contributed by atoms with E-state index in [4.69, 9.17) is 4.74 Å². The third-order valence-electron chi connectivity index (χ3n) is 4.16. The van der Waals surface area contributed by atoms with Gasteiger partial charge in [-0.25, -0.2) is 4.79 Å². The molecule has 0 heterocycles. The molecule has 0 saturated heterocycles. The van der Waals surface area contributed by atoms with Gasteiger partial charge in [0.1, 0.15) is 5.60 Å². The SMILES string of the molecule is Cc1cc(C2(NC(=O)OC(C)(C)C)CCCCC2)ccc1Br. The summed E-state index contributed by atoms with van der Waals surface area (Å²) in [5.41, 5.74) is 1.59. The van der Waals surface area contributed by atoms with E-state index in [0.717, 1.165) is 30.2 Å². The predicted octanol–water partition coefficient (Wildman–Crippen LogP) is 5.44. The average molecular weight is 368 g/mol. The lowest BCUT2D eigenvalue weighted by Gasteiger charge is -2.39. The molecule has 0 bridgehead atoms. The molecule has 0 radical (unpaired) electrons. The fourth-order valence-corrected chi connectivity index (χ4v) is 3.33. The Labute approximate surface area is 141 Å². The van der Waals surface area contributed by atoms with Gasteiger partial charge in [0.2, 0.25) is 0 Å². The van der Waals surface area contributed by atoms with Crippen molar-refractivity contribution < 1.29 is 9.53 Å². The van der Waals surface area contributed by atoms with Crippen molar-refractivity contribution in [3.8, 4) is 0 Å². The number of carbonyl (C=O) groups is 1. The molecule has 22 heavy (non-hydrogen) atoms. The minimum absolute atomic E-state index is 0.300. The largest absolute Gasteiger partial charge is 0.444 e. The number of halogens is 1. The standard InChI is InChI=1S/C18H26BrNO2/c1-13-12-14(8-9-15(13)19)18(10-6-5-7-11-18)20-16(21)22-17(2,3)4/h8-9,12H,5-7,10-11H2,1-4H3,(H,20,21). The summed E-state index contributed by atoms with van der Waals surface area (Å²) in [6, 6.07) is 6.35. The fraction of sp³-hybridized carbons (Fsp3) is 0.611. The molecule has 4 heteroatoms. The Morgan fingerprint density at radius 2 is 1.86 bits per heavy atom. The van der Waals surface area contributed by atoms with Crippen molar-refractivity contribution in [2.24, 2.45) is 0 Å². The molecular formula is C18H26BrNO2. The van der Waals surface area contributed by atoms with E-state index in [2.05, 4.69) is 46.4 Å². The molecule has 0 unspecified atom stereocenters. The highest BCUT2D eigenvalue weighted by atomic mass is 79.9. The molecule has 1 aliphatic carbocycles. The van der Waals surface area contributed by atoms with E-state index in [1.54, 1.807) is 0 Å². The van der Waals surface area contributed by atoms with Crippen molar-refractivity contribution in [1.29, 1.82) is 0 Å². The molecule has 2 rings (SSSR count). The quantitative estimate of drug-likeness (QED) is 0.755. The first-order chi connectivity index (χ1) is 10.2. The number of hydrogen-bond donors (Lipinski definition) is 1. The van der Waals surface area contributed by atoms with Crippen molar-refractivity contribution in [3.63, 3.8) is 0 Å². The van der Waals surface area contributed by atoms with Crippen LogP contribution in [0.15, 0.2) is 22.7 Å². The number of carbonyl (C=O) groups excluding carboxylic acids is 1. The van der Waals surface area contributed by atoms with Crippen LogP contribution in [0.5, 0.6) is 0 Å². The molecule has 0 aromatic heterocycles. The van der Waals surface area contributed by atoms with Gasteiger partial charge in [0.15, 0.2) is 0 Å². The molecule has 0 atom stereocenters. The Bertz CT molecular complexity index is 543. The fourth-order valence-electron chi connectivity index (χ4n) is 3.08. The molecule has 1 saturated carbocycles. The zero-order chi connectivity index (χ0) is 16.4. The molecular weight excluding hydrogens is 342 g/mol. The molecule has 1 aromatic carbocycles. The minimum atomic E-state index is -0.477. The number of aryl methyl sites for hydroxylation is 1. The maximum Gasteiger partial charge on any atom is 0.408 e. The Hall–Kier alpha value is -1.03. The number of hydrogen-bond acceptors (Lipinski definition) is 2. The molecule has 3 nitrogen and oxygen atoms in total. The maximum absolute atomic E-state index is 12.3. The van der Waals surface area contributed by atoms with E-state index < -0.39 is 5.60 Å². The molecule has 1 aliphatic rings. The third-order valence-corrected chi connectivity index (χ3v) is 5.05. The number of alkyl carbamates (subject to hydrolysis) is 1. The van der Waals surface area contributed by atoms with Gasteiger partial charge in [0.05, 0.1) is 5.54 Å². The van der Waals surface area contributed by atoms with Crippen molar-refractivity contribution in [3.05, 3.63) is 33.8 Å². The van der Waals surface area contributed by atoms with E-state index in [1.807, 2.05) is 20.8 Å². The van der Waals surface area contributed by atoms with Crippen LogP contribution in [-0.4, -0.2) is 11.7 Å². The number of nitrogens with one attached hydrogen (secondary N) is 1. The Morgan fingerprint density at radius 3 is 2.41 bits per heavy atom. The first-order valence-corrected chi connectivity index (χ1v) is 8.79. The van der Waals surface area contributed by atoms with Crippen LogP contribution in [0.25, 0.3) is 0 Å². The molecule has 122 valence electrons. The van der Waals surface area contributed by atoms with Gasteiger partial charge in [-0.2, -0.15) is 0 Å². The van der Waals surface area contributed by atoms with Gasteiger partial charge >= 0.3 is 6.09 Å². The summed E-state index contributed by atoms with van der Waals surface area (Å²) in [5, 5.41) is 3.18. The number of benzene rings is 1. The maximum atomic E-state index is 12.3. The van der Waals surface area contributed by atoms with Crippen LogP contribution < -0.4 is 5.32 Å². The summed E-state index contributed by atoms with van der Waals surface area (Å²) in [4.78, 5) is 12.3. The number of ether oxygens (including phenoxy) is 1. The van der Waals surface area contributed by atoms with Gasteiger partial charge < -0.3 is 10.1 Å².